The van der Waals surface area contributed by atoms with Crippen molar-refractivity contribution in [3.05, 3.63) is 0 Å². The molecule has 0 spiro atoms. The zero-order valence-electron chi connectivity index (χ0n) is 8.56. The molecule has 0 bridgehead atoms. The Labute approximate surface area is 80.5 Å². The molecule has 0 unspecified atom stereocenters. The standard InChI is InChI=1S/C8H19N3S/c1-8(2,11(4)5)6-10-7(12)9-3/h6H2,1-5H3,(H2,9,10,12). The third kappa shape index (κ3) is 3.88. The van der Waals surface area contributed by atoms with E-state index in [1.807, 2.05) is 7.05 Å². The molecule has 2 N–H and O–H groups in total. The Morgan fingerprint density at radius 3 is 2.25 bits per heavy atom. The summed E-state index contributed by atoms with van der Waals surface area (Å²) in [5.41, 5.74) is 0.126. The Kier molecular flexibility index (Phi) is 4.49. The second-order valence-electron chi connectivity index (χ2n) is 3.64. The molecule has 0 aromatic rings. The van der Waals surface area contributed by atoms with Crippen LogP contribution < -0.4 is 10.6 Å². The fraction of sp³-hybridized carbons (Fsp3) is 0.875. The minimum atomic E-state index is 0.126. The summed E-state index contributed by atoms with van der Waals surface area (Å²) in [6.07, 6.45) is 0. The van der Waals surface area contributed by atoms with Crippen molar-refractivity contribution in [2.45, 2.75) is 19.4 Å². The second kappa shape index (κ2) is 4.62. The highest BCUT2D eigenvalue weighted by molar-refractivity contribution is 7.80. The van der Waals surface area contributed by atoms with Crippen molar-refractivity contribution in [2.75, 3.05) is 27.7 Å². The number of thiocarbonyl (C=S) groups is 1. The lowest BCUT2D eigenvalue weighted by Gasteiger charge is -2.32. The first kappa shape index (κ1) is 11.6. The minimum Gasteiger partial charge on any atom is -0.366 e. The Hall–Kier alpha value is -0.350. The van der Waals surface area contributed by atoms with Gasteiger partial charge >= 0.3 is 0 Å². The number of likely N-dealkylation sites (N-methyl/N-ethyl adjacent to an activating group) is 1. The van der Waals surface area contributed by atoms with Gasteiger partial charge in [-0.3, -0.25) is 0 Å². The Morgan fingerprint density at radius 1 is 1.42 bits per heavy atom. The first-order valence-electron chi connectivity index (χ1n) is 4.03. The molecular weight excluding hydrogens is 170 g/mol. The summed E-state index contributed by atoms with van der Waals surface area (Å²) in [5.74, 6) is 0. The van der Waals surface area contributed by atoms with Crippen molar-refractivity contribution in [2.24, 2.45) is 0 Å². The van der Waals surface area contributed by atoms with Gasteiger partial charge in [0.25, 0.3) is 0 Å². The average Bonchev–Trinajstić information content (AvgIpc) is 2.00. The van der Waals surface area contributed by atoms with Gasteiger partial charge in [0.1, 0.15) is 0 Å². The molecule has 0 fully saturated rings. The first-order chi connectivity index (χ1) is 5.40. The number of hydrogen-bond donors (Lipinski definition) is 2. The SMILES string of the molecule is CNC(=S)NCC(C)(C)N(C)C. The number of nitrogens with one attached hydrogen (secondary N) is 2. The fourth-order valence-electron chi connectivity index (χ4n) is 0.543. The summed E-state index contributed by atoms with van der Waals surface area (Å²) in [7, 11) is 5.94. The zero-order valence-corrected chi connectivity index (χ0v) is 9.38. The smallest absolute Gasteiger partial charge is 0.166 e. The molecule has 0 atom stereocenters. The van der Waals surface area contributed by atoms with Crippen LogP contribution in [0.2, 0.25) is 0 Å². The van der Waals surface area contributed by atoms with E-state index in [9.17, 15) is 0 Å². The van der Waals surface area contributed by atoms with Gasteiger partial charge < -0.3 is 15.5 Å². The van der Waals surface area contributed by atoms with Crippen molar-refractivity contribution in [3.8, 4) is 0 Å². The molecule has 12 heavy (non-hydrogen) atoms. The molecule has 0 saturated carbocycles. The van der Waals surface area contributed by atoms with E-state index in [4.69, 9.17) is 12.2 Å². The number of nitrogens with zero attached hydrogens (tertiary/aromatic N) is 1. The first-order valence-corrected chi connectivity index (χ1v) is 4.44. The lowest BCUT2D eigenvalue weighted by Crippen LogP contribution is -2.49. The van der Waals surface area contributed by atoms with Crippen LogP contribution in [0.25, 0.3) is 0 Å². The predicted octanol–water partition coefficient (Wildman–Crippen LogP) is 0.420. The van der Waals surface area contributed by atoms with Gasteiger partial charge in [0.2, 0.25) is 0 Å². The lowest BCUT2D eigenvalue weighted by molar-refractivity contribution is 0.198. The molecule has 4 heteroatoms. The van der Waals surface area contributed by atoms with Gasteiger partial charge in [-0.2, -0.15) is 0 Å². The van der Waals surface area contributed by atoms with Gasteiger partial charge in [-0.1, -0.05) is 0 Å². The van der Waals surface area contributed by atoms with Gasteiger partial charge in [0.05, 0.1) is 0 Å². The van der Waals surface area contributed by atoms with E-state index in [2.05, 4.69) is 43.5 Å². The molecule has 0 aromatic heterocycles. The molecule has 0 aliphatic heterocycles. The van der Waals surface area contributed by atoms with E-state index < -0.39 is 0 Å². The predicted molar refractivity (Wildman–Crippen MR) is 57.4 cm³/mol. The van der Waals surface area contributed by atoms with Gasteiger partial charge in [0, 0.05) is 19.1 Å². The normalized spacial score (nSPS) is 11.5. The van der Waals surface area contributed by atoms with Gasteiger partial charge in [-0.05, 0) is 40.2 Å². The van der Waals surface area contributed by atoms with Crippen LogP contribution in [0.15, 0.2) is 0 Å². The van der Waals surface area contributed by atoms with Crippen molar-refractivity contribution in [3.63, 3.8) is 0 Å². The highest BCUT2D eigenvalue weighted by Crippen LogP contribution is 2.07. The van der Waals surface area contributed by atoms with E-state index in [-0.39, 0.29) is 5.54 Å². The molecule has 72 valence electrons. The van der Waals surface area contributed by atoms with Crippen LogP contribution in [0.3, 0.4) is 0 Å². The van der Waals surface area contributed by atoms with E-state index in [1.54, 1.807) is 0 Å². The molecule has 0 aromatic carbocycles. The molecule has 0 rings (SSSR count). The maximum atomic E-state index is 4.97. The highest BCUT2D eigenvalue weighted by atomic mass is 32.1. The summed E-state index contributed by atoms with van der Waals surface area (Å²) in [6.45, 7) is 5.18. The van der Waals surface area contributed by atoms with Crippen LogP contribution >= 0.6 is 12.2 Å². The van der Waals surface area contributed by atoms with Crippen molar-refractivity contribution >= 4 is 17.3 Å². The Morgan fingerprint density at radius 2 is 1.92 bits per heavy atom. The van der Waals surface area contributed by atoms with Crippen molar-refractivity contribution < 1.29 is 0 Å². The summed E-state index contributed by atoms with van der Waals surface area (Å²) >= 11 is 4.97. The van der Waals surface area contributed by atoms with Crippen LogP contribution in [-0.2, 0) is 0 Å². The average molecular weight is 189 g/mol. The molecule has 0 heterocycles. The molecule has 0 saturated heterocycles. The van der Waals surface area contributed by atoms with E-state index in [0.29, 0.717) is 5.11 Å². The fourth-order valence-corrected chi connectivity index (χ4v) is 0.615. The van der Waals surface area contributed by atoms with E-state index in [1.165, 1.54) is 0 Å². The summed E-state index contributed by atoms with van der Waals surface area (Å²) in [5, 5.41) is 6.71. The maximum Gasteiger partial charge on any atom is 0.166 e. The van der Waals surface area contributed by atoms with Crippen molar-refractivity contribution in [1.29, 1.82) is 0 Å². The topological polar surface area (TPSA) is 27.3 Å². The molecule has 3 nitrogen and oxygen atoms in total. The van der Waals surface area contributed by atoms with Crippen LogP contribution in [-0.4, -0.2) is 43.2 Å². The molecule has 0 amide bonds. The van der Waals surface area contributed by atoms with Gasteiger partial charge in [-0.15, -0.1) is 0 Å². The quantitative estimate of drug-likeness (QED) is 0.629. The molecule has 0 aliphatic rings. The van der Waals surface area contributed by atoms with Crippen LogP contribution in [0.5, 0.6) is 0 Å². The lowest BCUT2D eigenvalue weighted by atomic mass is 10.1. The molecular formula is C8H19N3S. The Balaban J connectivity index is 3.83. The highest BCUT2D eigenvalue weighted by Gasteiger charge is 2.19. The van der Waals surface area contributed by atoms with Crippen LogP contribution in [0, 0.1) is 0 Å². The third-order valence-electron chi connectivity index (χ3n) is 2.12. The minimum absolute atomic E-state index is 0.126. The maximum absolute atomic E-state index is 4.97. The van der Waals surface area contributed by atoms with E-state index in [0.717, 1.165) is 6.54 Å². The Bertz CT molecular complexity index is 154. The largest absolute Gasteiger partial charge is 0.366 e. The van der Waals surface area contributed by atoms with Crippen LogP contribution in [0.1, 0.15) is 13.8 Å². The summed E-state index contributed by atoms with van der Waals surface area (Å²) in [4.78, 5) is 2.16. The second-order valence-corrected chi connectivity index (χ2v) is 4.05. The number of hydrogen-bond acceptors (Lipinski definition) is 2. The summed E-state index contributed by atoms with van der Waals surface area (Å²) < 4.78 is 0. The monoisotopic (exact) mass is 189 g/mol. The third-order valence-corrected chi connectivity index (χ3v) is 2.47. The summed E-state index contributed by atoms with van der Waals surface area (Å²) in [6, 6.07) is 0. The van der Waals surface area contributed by atoms with Crippen molar-refractivity contribution in [1.82, 2.24) is 15.5 Å². The molecule has 0 radical (unpaired) electrons. The van der Waals surface area contributed by atoms with E-state index >= 15 is 0 Å². The van der Waals surface area contributed by atoms with Crippen LogP contribution in [0.4, 0.5) is 0 Å². The molecule has 0 aliphatic carbocycles. The zero-order chi connectivity index (χ0) is 9.78. The van der Waals surface area contributed by atoms with Gasteiger partial charge in [0.15, 0.2) is 5.11 Å². The van der Waals surface area contributed by atoms with Gasteiger partial charge in [-0.25, -0.2) is 0 Å². The number of rotatable bonds is 3.